The lowest BCUT2D eigenvalue weighted by Crippen LogP contribution is -2.26. The molecule has 0 bridgehead atoms. The van der Waals surface area contributed by atoms with E-state index in [1.54, 1.807) is 13.0 Å². The summed E-state index contributed by atoms with van der Waals surface area (Å²) in [5, 5.41) is 8.79. The van der Waals surface area contributed by atoms with Gasteiger partial charge in [0.05, 0.1) is 17.7 Å². The standard InChI is InChI=1S/C13H11FNO4/c1-3-18-12(16)8(2)19-13(17)11-5-4-10(14)6-9(11)7-15/h5-6,8H,3H2,1-2H3. The Morgan fingerprint density at radius 1 is 1.58 bits per heavy atom. The van der Waals surface area contributed by atoms with E-state index in [9.17, 15) is 14.0 Å². The molecule has 1 aromatic rings. The van der Waals surface area contributed by atoms with Gasteiger partial charge >= 0.3 is 11.9 Å². The van der Waals surface area contributed by atoms with Crippen LogP contribution in [0, 0.1) is 23.2 Å². The van der Waals surface area contributed by atoms with Crippen molar-refractivity contribution < 1.29 is 23.5 Å². The molecule has 19 heavy (non-hydrogen) atoms. The molecule has 1 unspecified atom stereocenters. The minimum atomic E-state index is -1.11. The Hall–Kier alpha value is -2.42. The van der Waals surface area contributed by atoms with E-state index in [0.29, 0.717) is 0 Å². The first-order valence-corrected chi connectivity index (χ1v) is 5.48. The maximum absolute atomic E-state index is 12.9. The fraction of sp³-hybridized carbons (Fsp3) is 0.308. The second-order valence-electron chi connectivity index (χ2n) is 3.52. The summed E-state index contributed by atoms with van der Waals surface area (Å²) in [6.45, 7) is 3.12. The van der Waals surface area contributed by atoms with Crippen LogP contribution < -0.4 is 0 Å². The van der Waals surface area contributed by atoms with E-state index in [2.05, 4.69) is 10.8 Å². The molecule has 0 amide bonds. The molecule has 1 atom stereocenters. The quantitative estimate of drug-likeness (QED) is 0.772. The van der Waals surface area contributed by atoms with E-state index in [-0.39, 0.29) is 17.7 Å². The Morgan fingerprint density at radius 2 is 2.26 bits per heavy atom. The van der Waals surface area contributed by atoms with Crippen LogP contribution in [-0.4, -0.2) is 24.6 Å². The van der Waals surface area contributed by atoms with Gasteiger partial charge in [-0.05, 0) is 26.0 Å². The number of esters is 2. The first-order chi connectivity index (χ1) is 8.99. The first-order valence-electron chi connectivity index (χ1n) is 5.48. The summed E-state index contributed by atoms with van der Waals surface area (Å²) in [4.78, 5) is 23.0. The lowest BCUT2D eigenvalue weighted by Gasteiger charge is -2.12. The zero-order valence-electron chi connectivity index (χ0n) is 10.4. The third kappa shape index (κ3) is 3.78. The molecule has 1 radical (unpaired) electrons. The van der Waals surface area contributed by atoms with Crippen molar-refractivity contribution in [3.05, 3.63) is 35.1 Å². The molecule has 5 nitrogen and oxygen atoms in total. The van der Waals surface area contributed by atoms with E-state index in [1.165, 1.54) is 6.92 Å². The van der Waals surface area contributed by atoms with Crippen LogP contribution in [0.1, 0.15) is 29.8 Å². The van der Waals surface area contributed by atoms with Crippen LogP contribution in [0.4, 0.5) is 4.39 Å². The van der Waals surface area contributed by atoms with Gasteiger partial charge in [0.1, 0.15) is 11.9 Å². The number of carbonyl (C=O) groups excluding carboxylic acids is 2. The second kappa shape index (κ2) is 6.50. The van der Waals surface area contributed by atoms with Gasteiger partial charge in [-0.1, -0.05) is 0 Å². The lowest BCUT2D eigenvalue weighted by molar-refractivity contribution is -0.152. The average Bonchev–Trinajstić information content (AvgIpc) is 2.38. The topological polar surface area (TPSA) is 76.4 Å². The molecule has 0 saturated carbocycles. The lowest BCUT2D eigenvalue weighted by atomic mass is 10.1. The number of rotatable bonds is 4. The van der Waals surface area contributed by atoms with Gasteiger partial charge in [0.25, 0.3) is 0 Å². The highest BCUT2D eigenvalue weighted by Crippen LogP contribution is 2.12. The summed E-state index contributed by atoms with van der Waals surface area (Å²) in [5.74, 6) is -2.36. The van der Waals surface area contributed by atoms with Crippen LogP contribution in [0.25, 0.3) is 0 Å². The number of nitrogens with zero attached hydrogens (tertiary/aromatic N) is 1. The van der Waals surface area contributed by atoms with Crippen molar-refractivity contribution in [1.29, 1.82) is 5.26 Å². The summed E-state index contributed by atoms with van der Waals surface area (Å²) in [7, 11) is 0. The summed E-state index contributed by atoms with van der Waals surface area (Å²) >= 11 is 0. The fourth-order valence-corrected chi connectivity index (χ4v) is 1.26. The van der Waals surface area contributed by atoms with Crippen molar-refractivity contribution in [2.45, 2.75) is 20.0 Å². The van der Waals surface area contributed by atoms with Crippen LogP contribution in [0.5, 0.6) is 0 Å². The van der Waals surface area contributed by atoms with Gasteiger partial charge in [0, 0.05) is 6.07 Å². The molecule has 0 aromatic heterocycles. The molecular weight excluding hydrogens is 253 g/mol. The van der Waals surface area contributed by atoms with Crippen molar-refractivity contribution in [2.24, 2.45) is 0 Å². The summed E-state index contributed by atoms with van der Waals surface area (Å²) < 4.78 is 22.3. The minimum Gasteiger partial charge on any atom is -0.463 e. The molecular formula is C13H11FNO4. The summed E-state index contributed by atoms with van der Waals surface area (Å²) in [5.41, 5.74) is -0.336. The smallest absolute Gasteiger partial charge is 0.347 e. The Labute approximate surface area is 109 Å². The Morgan fingerprint density at radius 3 is 2.84 bits per heavy atom. The Balaban J connectivity index is 2.85. The molecule has 99 valence electrons. The van der Waals surface area contributed by atoms with Crippen molar-refractivity contribution in [3.8, 4) is 6.07 Å². The molecule has 1 aromatic carbocycles. The van der Waals surface area contributed by atoms with Gasteiger partial charge < -0.3 is 9.47 Å². The zero-order valence-corrected chi connectivity index (χ0v) is 10.4. The molecule has 1 rings (SSSR count). The number of carbonyl (C=O) groups is 2. The molecule has 0 fully saturated rings. The van der Waals surface area contributed by atoms with Crippen LogP contribution in [0.15, 0.2) is 12.1 Å². The van der Waals surface area contributed by atoms with Crippen molar-refractivity contribution in [2.75, 3.05) is 6.61 Å². The first kappa shape index (κ1) is 14.6. The fourth-order valence-electron chi connectivity index (χ4n) is 1.26. The van der Waals surface area contributed by atoms with Crippen LogP contribution in [0.3, 0.4) is 0 Å². The molecule has 0 heterocycles. The van der Waals surface area contributed by atoms with Gasteiger partial charge in [-0.25, -0.2) is 14.0 Å². The van der Waals surface area contributed by atoms with Crippen LogP contribution in [0.2, 0.25) is 0 Å². The molecule has 0 aliphatic rings. The Kier molecular flexibility index (Phi) is 5.01. The monoisotopic (exact) mass is 264 g/mol. The maximum Gasteiger partial charge on any atom is 0.347 e. The van der Waals surface area contributed by atoms with Gasteiger partial charge in [-0.2, -0.15) is 5.26 Å². The average molecular weight is 264 g/mol. The van der Waals surface area contributed by atoms with Crippen molar-refractivity contribution in [1.82, 2.24) is 0 Å². The normalized spacial score (nSPS) is 11.3. The number of hydrogen-bond donors (Lipinski definition) is 0. The van der Waals surface area contributed by atoms with Gasteiger partial charge in [0.15, 0.2) is 6.10 Å². The van der Waals surface area contributed by atoms with Gasteiger partial charge in [-0.15, -0.1) is 0 Å². The van der Waals surface area contributed by atoms with Crippen molar-refractivity contribution in [3.63, 3.8) is 0 Å². The second-order valence-corrected chi connectivity index (χ2v) is 3.52. The molecule has 0 aliphatic carbocycles. The number of nitriles is 1. The maximum atomic E-state index is 12.9. The molecule has 6 heteroatoms. The number of hydrogen-bond acceptors (Lipinski definition) is 5. The van der Waals surface area contributed by atoms with E-state index in [1.807, 2.05) is 0 Å². The highest BCUT2D eigenvalue weighted by atomic mass is 19.1. The highest BCUT2D eigenvalue weighted by molar-refractivity contribution is 5.93. The van der Waals surface area contributed by atoms with Crippen LogP contribution >= 0.6 is 0 Å². The summed E-state index contributed by atoms with van der Waals surface area (Å²) in [6, 6.07) is 5.69. The molecule has 0 aliphatic heterocycles. The summed E-state index contributed by atoms with van der Waals surface area (Å²) in [6.07, 6.45) is -1.11. The van der Waals surface area contributed by atoms with Crippen molar-refractivity contribution >= 4 is 11.9 Å². The number of benzene rings is 1. The van der Waals surface area contributed by atoms with E-state index in [4.69, 9.17) is 10.00 Å². The van der Waals surface area contributed by atoms with E-state index < -0.39 is 23.9 Å². The van der Waals surface area contributed by atoms with E-state index in [0.717, 1.165) is 12.1 Å². The largest absolute Gasteiger partial charge is 0.463 e. The Bertz CT molecular complexity index is 536. The van der Waals surface area contributed by atoms with Gasteiger partial charge in [-0.3, -0.25) is 0 Å². The van der Waals surface area contributed by atoms with Gasteiger partial charge in [0.2, 0.25) is 0 Å². The minimum absolute atomic E-state index is 0.153. The number of ether oxygens (including phenoxy) is 2. The highest BCUT2D eigenvalue weighted by Gasteiger charge is 2.22. The number of halogens is 1. The molecule has 0 saturated heterocycles. The van der Waals surface area contributed by atoms with Crippen LogP contribution in [-0.2, 0) is 14.3 Å². The molecule has 0 N–H and O–H groups in total. The molecule has 0 spiro atoms. The predicted octanol–water partition coefficient (Wildman–Crippen LogP) is 1.61. The zero-order chi connectivity index (χ0) is 14.4. The predicted molar refractivity (Wildman–Crippen MR) is 61.5 cm³/mol. The third-order valence-corrected chi connectivity index (χ3v) is 2.16. The SMILES string of the molecule is CCOC(=O)C(C)OC(=O)c1c[c]c(F)cc1C#N. The van der Waals surface area contributed by atoms with E-state index >= 15 is 0 Å². The third-order valence-electron chi connectivity index (χ3n) is 2.16.